The summed E-state index contributed by atoms with van der Waals surface area (Å²) in [6.45, 7) is 9.34. The molecule has 0 saturated carbocycles. The number of hydrogen-bond acceptors (Lipinski definition) is 4. The van der Waals surface area contributed by atoms with Gasteiger partial charge in [0.15, 0.2) is 0 Å². The fraction of sp³-hybridized carbons (Fsp3) is 0.556. The van der Waals surface area contributed by atoms with Crippen molar-refractivity contribution in [1.29, 1.82) is 0 Å². The third kappa shape index (κ3) is 5.75. The quantitative estimate of drug-likeness (QED) is 0.776. The van der Waals surface area contributed by atoms with Crippen molar-refractivity contribution in [2.45, 2.75) is 45.3 Å². The maximum absolute atomic E-state index is 12.1. The number of alkyl carbamates (subject to hydrolysis) is 1. The summed E-state index contributed by atoms with van der Waals surface area (Å²) < 4.78 is 11.0. The fourth-order valence-electron chi connectivity index (χ4n) is 2.60. The molecule has 1 N–H and O–H groups in total. The zero-order valence-corrected chi connectivity index (χ0v) is 16.7. The Morgan fingerprint density at radius 2 is 2.16 bits per heavy atom. The first-order valence-electron chi connectivity index (χ1n) is 8.28. The minimum Gasteiger partial charge on any atom is -0.492 e. The number of amides is 1. The predicted octanol–water partition coefficient (Wildman–Crippen LogP) is 4.04. The molecule has 0 bridgehead atoms. The van der Waals surface area contributed by atoms with Crippen molar-refractivity contribution >= 4 is 34.9 Å². The van der Waals surface area contributed by atoms with Gasteiger partial charge in [-0.15, -0.1) is 0 Å². The van der Waals surface area contributed by atoms with E-state index in [1.54, 1.807) is 12.1 Å². The van der Waals surface area contributed by atoms with E-state index < -0.39 is 17.2 Å². The van der Waals surface area contributed by atoms with E-state index in [1.807, 2.05) is 39.8 Å². The molecule has 0 aliphatic carbocycles. The van der Waals surface area contributed by atoms with Gasteiger partial charge in [-0.2, -0.15) is 0 Å². The molecular formula is C18H25ClN2O3S. The van der Waals surface area contributed by atoms with E-state index >= 15 is 0 Å². The van der Waals surface area contributed by atoms with Gasteiger partial charge >= 0.3 is 6.09 Å². The van der Waals surface area contributed by atoms with Crippen molar-refractivity contribution < 1.29 is 14.3 Å². The van der Waals surface area contributed by atoms with E-state index in [2.05, 4.69) is 10.2 Å². The number of benzene rings is 1. The van der Waals surface area contributed by atoms with Gasteiger partial charge in [0.1, 0.15) is 22.9 Å². The molecule has 1 aliphatic rings. The number of likely N-dealkylation sites (tertiary alicyclic amines) is 1. The maximum Gasteiger partial charge on any atom is 0.408 e. The van der Waals surface area contributed by atoms with E-state index in [0.717, 1.165) is 18.7 Å². The van der Waals surface area contributed by atoms with Gasteiger partial charge in [0.2, 0.25) is 0 Å². The summed E-state index contributed by atoms with van der Waals surface area (Å²) in [7, 11) is 0. The van der Waals surface area contributed by atoms with E-state index in [1.165, 1.54) is 0 Å². The molecule has 1 unspecified atom stereocenters. The van der Waals surface area contributed by atoms with Crippen LogP contribution in [0.4, 0.5) is 4.79 Å². The van der Waals surface area contributed by atoms with Crippen molar-refractivity contribution in [3.8, 4) is 5.75 Å². The van der Waals surface area contributed by atoms with Crippen molar-refractivity contribution in [1.82, 2.24) is 10.2 Å². The summed E-state index contributed by atoms with van der Waals surface area (Å²) in [4.78, 5) is 14.8. The van der Waals surface area contributed by atoms with Crippen LogP contribution in [0.3, 0.4) is 0 Å². The lowest BCUT2D eigenvalue weighted by Gasteiger charge is -2.29. The number of ether oxygens (including phenoxy) is 2. The van der Waals surface area contributed by atoms with E-state index in [0.29, 0.717) is 23.2 Å². The molecule has 0 radical (unpaired) electrons. The van der Waals surface area contributed by atoms with Crippen LogP contribution in [0.25, 0.3) is 0 Å². The van der Waals surface area contributed by atoms with Gasteiger partial charge in [-0.05, 0) is 52.3 Å². The Bertz CT molecular complexity index is 647. The summed E-state index contributed by atoms with van der Waals surface area (Å²) in [6, 6.07) is 7.29. The molecule has 5 nitrogen and oxygen atoms in total. The van der Waals surface area contributed by atoms with Crippen molar-refractivity contribution in [3.05, 3.63) is 29.3 Å². The van der Waals surface area contributed by atoms with Crippen LogP contribution < -0.4 is 10.1 Å². The largest absolute Gasteiger partial charge is 0.492 e. The molecule has 0 aromatic heterocycles. The summed E-state index contributed by atoms with van der Waals surface area (Å²) in [5.41, 5.74) is -1.11. The highest BCUT2D eigenvalue weighted by molar-refractivity contribution is 7.80. The zero-order chi connectivity index (χ0) is 18.7. The third-order valence-electron chi connectivity index (χ3n) is 3.84. The Kier molecular flexibility index (Phi) is 6.16. The fourth-order valence-corrected chi connectivity index (χ4v) is 3.12. The number of carbonyl (C=O) groups is 1. The second kappa shape index (κ2) is 7.79. The predicted molar refractivity (Wildman–Crippen MR) is 104 cm³/mol. The highest BCUT2D eigenvalue weighted by Gasteiger charge is 2.41. The Labute approximate surface area is 159 Å². The van der Waals surface area contributed by atoms with E-state index in [9.17, 15) is 4.79 Å². The number of carbonyl (C=O) groups excluding carboxylic acids is 1. The van der Waals surface area contributed by atoms with Crippen LogP contribution in [-0.2, 0) is 4.74 Å². The molecule has 138 valence electrons. The van der Waals surface area contributed by atoms with Gasteiger partial charge in [-0.25, -0.2) is 4.79 Å². The number of rotatable bonds is 5. The number of nitrogens with zero attached hydrogens (tertiary/aromatic N) is 1. The first-order valence-corrected chi connectivity index (χ1v) is 9.07. The second-order valence-corrected chi connectivity index (χ2v) is 8.13. The number of thiocarbonyl (C=S) groups is 1. The van der Waals surface area contributed by atoms with Crippen molar-refractivity contribution in [2.24, 2.45) is 0 Å². The minimum atomic E-state index is -0.576. The molecule has 1 fully saturated rings. The Morgan fingerprint density at radius 1 is 1.44 bits per heavy atom. The van der Waals surface area contributed by atoms with Crippen molar-refractivity contribution in [2.75, 3.05) is 19.7 Å². The molecule has 2 rings (SSSR count). The summed E-state index contributed by atoms with van der Waals surface area (Å²) in [5.74, 6) is 0.729. The van der Waals surface area contributed by atoms with Gasteiger partial charge in [-0.1, -0.05) is 29.9 Å². The lowest BCUT2D eigenvalue weighted by molar-refractivity contribution is 0.0493. The summed E-state index contributed by atoms with van der Waals surface area (Å²) >= 11 is 11.5. The number of nitrogens with one attached hydrogen (secondary N) is 1. The van der Waals surface area contributed by atoms with Crippen LogP contribution in [0.15, 0.2) is 24.3 Å². The van der Waals surface area contributed by atoms with Gasteiger partial charge < -0.3 is 19.7 Å². The van der Waals surface area contributed by atoms with E-state index in [-0.39, 0.29) is 0 Å². The monoisotopic (exact) mass is 384 g/mol. The molecule has 1 aromatic rings. The van der Waals surface area contributed by atoms with Crippen LogP contribution in [0.2, 0.25) is 5.02 Å². The van der Waals surface area contributed by atoms with Gasteiger partial charge in [0, 0.05) is 11.6 Å². The average molecular weight is 385 g/mol. The molecule has 1 aromatic carbocycles. The maximum atomic E-state index is 12.1. The molecule has 25 heavy (non-hydrogen) atoms. The summed E-state index contributed by atoms with van der Waals surface area (Å²) in [6.07, 6.45) is 0.289. The average Bonchev–Trinajstić information content (AvgIpc) is 2.73. The SMILES string of the molecule is CC(C)(C)OC(=O)NC1(C)CCN(CCOc2cccc(Cl)c2)C1=S. The van der Waals surface area contributed by atoms with Crippen LogP contribution in [0.1, 0.15) is 34.1 Å². The first kappa shape index (κ1) is 19.8. The molecule has 1 saturated heterocycles. The van der Waals surface area contributed by atoms with Crippen LogP contribution in [-0.4, -0.2) is 46.8 Å². The minimum absolute atomic E-state index is 0.450. The molecule has 1 aliphatic heterocycles. The van der Waals surface area contributed by atoms with Gasteiger partial charge in [0.25, 0.3) is 0 Å². The Morgan fingerprint density at radius 3 is 2.80 bits per heavy atom. The van der Waals surface area contributed by atoms with Crippen LogP contribution in [0.5, 0.6) is 5.75 Å². The standard InChI is InChI=1S/C18H25ClN2O3S/c1-17(2,3)24-16(22)20-18(4)8-9-21(15(18)25)10-11-23-14-7-5-6-13(19)12-14/h5-7,12H,8-11H2,1-4H3,(H,20,22). The Balaban J connectivity index is 1.84. The van der Waals surface area contributed by atoms with Gasteiger partial charge in [0.05, 0.1) is 12.1 Å². The number of hydrogen-bond donors (Lipinski definition) is 1. The molecule has 0 spiro atoms. The number of halogens is 1. The highest BCUT2D eigenvalue weighted by atomic mass is 35.5. The molecule has 1 atom stereocenters. The third-order valence-corrected chi connectivity index (χ3v) is 4.79. The molecular weight excluding hydrogens is 360 g/mol. The molecule has 7 heteroatoms. The zero-order valence-electron chi connectivity index (χ0n) is 15.1. The van der Waals surface area contributed by atoms with Gasteiger partial charge in [-0.3, -0.25) is 0 Å². The van der Waals surface area contributed by atoms with Crippen LogP contribution >= 0.6 is 23.8 Å². The lowest BCUT2D eigenvalue weighted by Crippen LogP contribution is -2.52. The molecule has 1 amide bonds. The summed E-state index contributed by atoms with van der Waals surface area (Å²) in [5, 5.41) is 3.55. The van der Waals surface area contributed by atoms with Crippen molar-refractivity contribution in [3.63, 3.8) is 0 Å². The Hall–Kier alpha value is -1.53. The van der Waals surface area contributed by atoms with E-state index in [4.69, 9.17) is 33.3 Å². The first-order chi connectivity index (χ1) is 11.6. The van der Waals surface area contributed by atoms with Crippen LogP contribution in [0, 0.1) is 0 Å². The second-order valence-electron chi connectivity index (χ2n) is 7.31. The lowest BCUT2D eigenvalue weighted by atomic mass is 10.0. The normalized spacial score (nSPS) is 20.5. The highest BCUT2D eigenvalue weighted by Crippen LogP contribution is 2.25. The molecule has 1 heterocycles. The topological polar surface area (TPSA) is 50.8 Å². The smallest absolute Gasteiger partial charge is 0.408 e.